The standard InChI is InChI=1S/C35H37N2/c1-24(2)31-22-30(28-15-11-8-12-16-28)23-32(25(3)4)34(31)37-20-19-36(6)35(37)33-21-29(18-17-26(33)5)27-13-9-7-10-14-27/h7-25H,1-6H3/q+1. The van der Waals surface area contributed by atoms with Crippen molar-refractivity contribution in [3.05, 3.63) is 120 Å². The molecule has 0 radical (unpaired) electrons. The van der Waals surface area contributed by atoms with Crippen LogP contribution >= 0.6 is 0 Å². The summed E-state index contributed by atoms with van der Waals surface area (Å²) in [6.07, 6.45) is 4.42. The summed E-state index contributed by atoms with van der Waals surface area (Å²) in [5, 5.41) is 0. The fourth-order valence-electron chi connectivity index (χ4n) is 5.29. The van der Waals surface area contributed by atoms with E-state index in [0.29, 0.717) is 11.8 Å². The summed E-state index contributed by atoms with van der Waals surface area (Å²) >= 11 is 0. The van der Waals surface area contributed by atoms with E-state index in [1.807, 2.05) is 0 Å². The van der Waals surface area contributed by atoms with Gasteiger partial charge in [-0.25, -0.2) is 4.57 Å². The summed E-state index contributed by atoms with van der Waals surface area (Å²) in [4.78, 5) is 0. The van der Waals surface area contributed by atoms with Crippen LogP contribution in [0.1, 0.15) is 56.2 Å². The van der Waals surface area contributed by atoms with Crippen molar-refractivity contribution < 1.29 is 4.57 Å². The van der Waals surface area contributed by atoms with Crippen LogP contribution in [0.15, 0.2) is 103 Å². The number of rotatable bonds is 6. The molecule has 0 spiro atoms. The van der Waals surface area contributed by atoms with Gasteiger partial charge in [0.15, 0.2) is 0 Å². The highest BCUT2D eigenvalue weighted by molar-refractivity contribution is 5.74. The molecule has 37 heavy (non-hydrogen) atoms. The number of imidazole rings is 1. The fraction of sp³-hybridized carbons (Fsp3) is 0.229. The molecule has 5 aromatic rings. The highest BCUT2D eigenvalue weighted by Crippen LogP contribution is 2.38. The van der Waals surface area contributed by atoms with E-state index in [4.69, 9.17) is 0 Å². The van der Waals surface area contributed by atoms with Crippen molar-refractivity contribution in [2.24, 2.45) is 7.05 Å². The maximum Gasteiger partial charge on any atom is 0.294 e. The maximum atomic E-state index is 2.43. The molecule has 0 aliphatic heterocycles. The lowest BCUT2D eigenvalue weighted by Crippen LogP contribution is -2.29. The first-order chi connectivity index (χ1) is 17.8. The van der Waals surface area contributed by atoms with Gasteiger partial charge in [0.1, 0.15) is 18.1 Å². The van der Waals surface area contributed by atoms with Crippen LogP contribution in [0, 0.1) is 6.92 Å². The first-order valence-corrected chi connectivity index (χ1v) is 13.3. The second-order valence-electron chi connectivity index (χ2n) is 10.7. The van der Waals surface area contributed by atoms with Crippen LogP contribution in [0.5, 0.6) is 0 Å². The van der Waals surface area contributed by atoms with Gasteiger partial charge in [0.05, 0.1) is 12.6 Å². The Morgan fingerprint density at radius 2 is 1.16 bits per heavy atom. The van der Waals surface area contributed by atoms with Gasteiger partial charge in [0.25, 0.3) is 5.82 Å². The van der Waals surface area contributed by atoms with Crippen LogP contribution in [-0.4, -0.2) is 4.57 Å². The molecule has 4 aromatic carbocycles. The minimum atomic E-state index is 0.383. The van der Waals surface area contributed by atoms with E-state index in [-0.39, 0.29) is 0 Å². The topological polar surface area (TPSA) is 8.81 Å². The molecule has 2 heteroatoms. The summed E-state index contributed by atoms with van der Waals surface area (Å²) in [5.41, 5.74) is 11.6. The molecule has 1 heterocycles. The Morgan fingerprint density at radius 3 is 1.70 bits per heavy atom. The molecular weight excluding hydrogens is 448 g/mol. The fourth-order valence-corrected chi connectivity index (χ4v) is 5.29. The molecule has 186 valence electrons. The van der Waals surface area contributed by atoms with Crippen molar-refractivity contribution >= 4 is 0 Å². The van der Waals surface area contributed by atoms with Gasteiger partial charge in [0.2, 0.25) is 0 Å². The van der Waals surface area contributed by atoms with Crippen molar-refractivity contribution in [3.63, 3.8) is 0 Å². The third kappa shape index (κ3) is 4.76. The molecule has 0 aliphatic carbocycles. The minimum absolute atomic E-state index is 0.383. The quantitative estimate of drug-likeness (QED) is 0.212. The molecular formula is C35H37N2+. The first kappa shape index (κ1) is 24.8. The number of aromatic nitrogens is 2. The Hall–Kier alpha value is -3.91. The number of benzene rings is 4. The summed E-state index contributed by atoms with van der Waals surface area (Å²) in [5.74, 6) is 1.97. The highest BCUT2D eigenvalue weighted by atomic mass is 15.1. The van der Waals surface area contributed by atoms with Gasteiger partial charge in [-0.2, -0.15) is 4.57 Å². The molecule has 0 atom stereocenters. The molecule has 0 saturated carbocycles. The zero-order valence-electron chi connectivity index (χ0n) is 22.9. The molecule has 5 rings (SSSR count). The van der Waals surface area contributed by atoms with Gasteiger partial charge in [0, 0.05) is 11.1 Å². The van der Waals surface area contributed by atoms with Crippen LogP contribution in [0.4, 0.5) is 0 Å². The monoisotopic (exact) mass is 485 g/mol. The van der Waals surface area contributed by atoms with Gasteiger partial charge in [-0.1, -0.05) is 100 Å². The van der Waals surface area contributed by atoms with Crippen LogP contribution < -0.4 is 4.57 Å². The van der Waals surface area contributed by atoms with Crippen LogP contribution in [0.2, 0.25) is 0 Å². The van der Waals surface area contributed by atoms with E-state index in [0.717, 1.165) is 0 Å². The third-order valence-corrected chi connectivity index (χ3v) is 7.35. The van der Waals surface area contributed by atoms with E-state index in [9.17, 15) is 0 Å². The lowest BCUT2D eigenvalue weighted by Gasteiger charge is -2.20. The van der Waals surface area contributed by atoms with Gasteiger partial charge in [-0.15, -0.1) is 0 Å². The number of nitrogens with zero attached hydrogens (tertiary/aromatic N) is 2. The zero-order chi connectivity index (χ0) is 26.1. The van der Waals surface area contributed by atoms with Crippen molar-refractivity contribution in [2.75, 3.05) is 0 Å². The predicted molar refractivity (Wildman–Crippen MR) is 156 cm³/mol. The Morgan fingerprint density at radius 1 is 0.622 bits per heavy atom. The molecule has 2 nitrogen and oxygen atoms in total. The average Bonchev–Trinajstić information content (AvgIpc) is 3.29. The third-order valence-electron chi connectivity index (χ3n) is 7.35. The van der Waals surface area contributed by atoms with Crippen LogP contribution in [-0.2, 0) is 7.05 Å². The van der Waals surface area contributed by atoms with Crippen LogP contribution in [0.25, 0.3) is 39.3 Å². The summed E-state index contributed by atoms with van der Waals surface area (Å²) < 4.78 is 4.69. The Balaban J connectivity index is 1.76. The second-order valence-corrected chi connectivity index (χ2v) is 10.7. The second kappa shape index (κ2) is 10.2. The minimum Gasteiger partial charge on any atom is -0.232 e. The van der Waals surface area contributed by atoms with Gasteiger partial charge >= 0.3 is 0 Å². The summed E-state index contributed by atoms with van der Waals surface area (Å²) in [6, 6.07) is 33.0. The van der Waals surface area contributed by atoms with Gasteiger partial charge in [-0.3, -0.25) is 0 Å². The van der Waals surface area contributed by atoms with Gasteiger partial charge < -0.3 is 0 Å². The Bertz CT molecular complexity index is 1490. The lowest BCUT2D eigenvalue weighted by molar-refractivity contribution is -0.659. The normalized spacial score (nSPS) is 11.5. The first-order valence-electron chi connectivity index (χ1n) is 13.3. The van der Waals surface area contributed by atoms with Crippen molar-refractivity contribution in [1.82, 2.24) is 4.57 Å². The highest BCUT2D eigenvalue weighted by Gasteiger charge is 2.28. The van der Waals surface area contributed by atoms with Gasteiger partial charge in [-0.05, 0) is 64.8 Å². The number of hydrogen-bond acceptors (Lipinski definition) is 0. The van der Waals surface area contributed by atoms with Crippen molar-refractivity contribution in [1.29, 1.82) is 0 Å². The summed E-state index contributed by atoms with van der Waals surface area (Å²) in [6.45, 7) is 11.4. The van der Waals surface area contributed by atoms with E-state index >= 15 is 0 Å². The molecule has 1 aromatic heterocycles. The molecule has 0 unspecified atom stereocenters. The number of aryl methyl sites for hydroxylation is 2. The number of hydrogen-bond donors (Lipinski definition) is 0. The SMILES string of the molecule is Cc1ccc(-c2ccccc2)cc1-c1n(-c2c(C(C)C)cc(-c3ccccc3)cc2C(C)C)cc[n+]1C. The van der Waals surface area contributed by atoms with E-state index in [1.54, 1.807) is 0 Å². The Kier molecular flexibility index (Phi) is 6.84. The smallest absolute Gasteiger partial charge is 0.232 e. The van der Waals surface area contributed by atoms with Crippen molar-refractivity contribution in [2.45, 2.75) is 46.5 Å². The van der Waals surface area contributed by atoms with E-state index in [1.165, 1.54) is 56.0 Å². The van der Waals surface area contributed by atoms with E-state index in [2.05, 4.69) is 154 Å². The van der Waals surface area contributed by atoms with E-state index < -0.39 is 0 Å². The molecule has 0 saturated heterocycles. The Labute approximate surface area is 221 Å². The molecule has 0 fully saturated rings. The molecule has 0 amide bonds. The molecule has 0 aliphatic rings. The zero-order valence-corrected chi connectivity index (χ0v) is 22.9. The largest absolute Gasteiger partial charge is 0.294 e. The van der Waals surface area contributed by atoms with Crippen molar-refractivity contribution in [3.8, 4) is 39.3 Å². The predicted octanol–water partition coefficient (Wildman–Crippen LogP) is 8.86. The molecule has 0 N–H and O–H groups in total. The maximum absolute atomic E-state index is 2.43. The van der Waals surface area contributed by atoms with Crippen LogP contribution in [0.3, 0.4) is 0 Å². The molecule has 0 bridgehead atoms. The summed E-state index contributed by atoms with van der Waals surface area (Å²) in [7, 11) is 2.16. The average molecular weight is 486 g/mol. The lowest BCUT2D eigenvalue weighted by atomic mass is 9.88.